The molecule has 0 radical (unpaired) electrons. The van der Waals surface area contributed by atoms with Crippen LogP contribution in [0.15, 0.2) is 41.3 Å². The van der Waals surface area contributed by atoms with E-state index < -0.39 is 21.7 Å². The van der Waals surface area contributed by atoms with Crippen LogP contribution in [0.3, 0.4) is 0 Å². The molecule has 4 rings (SSSR count). The molecule has 6 nitrogen and oxygen atoms in total. The van der Waals surface area contributed by atoms with E-state index in [1.165, 1.54) is 39.5 Å². The topological polar surface area (TPSA) is 59.1 Å². The van der Waals surface area contributed by atoms with Gasteiger partial charge in [-0.25, -0.2) is 17.2 Å². The fraction of sp³-hybridized carbons (Fsp3) is 0.333. The fourth-order valence-corrected chi connectivity index (χ4v) is 4.71. The van der Waals surface area contributed by atoms with Crippen molar-refractivity contribution in [1.29, 1.82) is 0 Å². The number of fused-ring (bicyclic) bond motifs is 1. The second-order valence-electron chi connectivity index (χ2n) is 6.27. The van der Waals surface area contributed by atoms with E-state index in [9.17, 15) is 17.2 Å². The lowest BCUT2D eigenvalue weighted by Crippen LogP contribution is -2.49. The summed E-state index contributed by atoms with van der Waals surface area (Å²) in [5.74, 6) is -0.397. The molecule has 2 heterocycles. The number of rotatable bonds is 3. The van der Waals surface area contributed by atoms with Gasteiger partial charge < -0.3 is 14.4 Å². The monoisotopic (exact) mass is 396 g/mol. The zero-order valence-corrected chi connectivity index (χ0v) is 15.2. The molecule has 1 saturated heterocycles. The van der Waals surface area contributed by atoms with Gasteiger partial charge in [0.25, 0.3) is 0 Å². The molecule has 0 amide bonds. The molecule has 2 aromatic rings. The standard InChI is InChI=1S/C18H18F2N2O4S/c19-14-2-1-3-15(20)18(14)21-6-8-22(9-7-21)27(23,24)13-4-5-16-17(12-13)26-11-10-25-16/h1-5,12H,6-11H2. The third-order valence-electron chi connectivity index (χ3n) is 4.64. The van der Waals surface area contributed by atoms with Gasteiger partial charge in [-0.15, -0.1) is 0 Å². The van der Waals surface area contributed by atoms with Gasteiger partial charge in [-0.3, -0.25) is 0 Å². The molecule has 9 heteroatoms. The number of nitrogens with zero attached hydrogens (tertiary/aromatic N) is 2. The van der Waals surface area contributed by atoms with E-state index >= 15 is 0 Å². The molecule has 2 aromatic carbocycles. The first-order valence-electron chi connectivity index (χ1n) is 8.55. The molecule has 0 spiro atoms. The molecule has 144 valence electrons. The number of hydrogen-bond acceptors (Lipinski definition) is 5. The van der Waals surface area contributed by atoms with Gasteiger partial charge in [0.05, 0.1) is 4.90 Å². The van der Waals surface area contributed by atoms with Gasteiger partial charge in [-0.1, -0.05) is 6.07 Å². The number of anilines is 1. The largest absolute Gasteiger partial charge is 0.486 e. The van der Waals surface area contributed by atoms with E-state index in [0.717, 1.165) is 0 Å². The van der Waals surface area contributed by atoms with Crippen molar-refractivity contribution in [2.75, 3.05) is 44.3 Å². The van der Waals surface area contributed by atoms with Gasteiger partial charge in [0, 0.05) is 32.2 Å². The summed E-state index contributed by atoms with van der Waals surface area (Å²) in [6.07, 6.45) is 0. The van der Waals surface area contributed by atoms with Crippen LogP contribution in [0.1, 0.15) is 0 Å². The summed E-state index contributed by atoms with van der Waals surface area (Å²) >= 11 is 0. The third-order valence-corrected chi connectivity index (χ3v) is 6.54. The van der Waals surface area contributed by atoms with Gasteiger partial charge >= 0.3 is 0 Å². The maximum atomic E-state index is 14.0. The number of benzene rings is 2. The van der Waals surface area contributed by atoms with Crippen molar-refractivity contribution in [3.8, 4) is 11.5 Å². The number of hydrogen-bond donors (Lipinski definition) is 0. The van der Waals surface area contributed by atoms with Crippen molar-refractivity contribution in [2.24, 2.45) is 0 Å². The van der Waals surface area contributed by atoms with Gasteiger partial charge in [0.1, 0.15) is 30.5 Å². The molecule has 0 aliphatic carbocycles. The average molecular weight is 396 g/mol. The summed E-state index contributed by atoms with van der Waals surface area (Å²) < 4.78 is 65.9. The van der Waals surface area contributed by atoms with E-state index in [-0.39, 0.29) is 36.8 Å². The Hall–Kier alpha value is -2.39. The summed E-state index contributed by atoms with van der Waals surface area (Å²) in [5, 5.41) is 0. The fourth-order valence-electron chi connectivity index (χ4n) is 3.28. The molecule has 0 N–H and O–H groups in total. The summed E-state index contributed by atoms with van der Waals surface area (Å²) in [6, 6.07) is 8.19. The lowest BCUT2D eigenvalue weighted by atomic mass is 10.2. The van der Waals surface area contributed by atoms with Crippen LogP contribution in [-0.2, 0) is 10.0 Å². The van der Waals surface area contributed by atoms with Crippen LogP contribution in [0.4, 0.5) is 14.5 Å². The second kappa shape index (κ2) is 6.97. The van der Waals surface area contributed by atoms with Crippen molar-refractivity contribution < 1.29 is 26.7 Å². The second-order valence-corrected chi connectivity index (χ2v) is 8.20. The maximum absolute atomic E-state index is 14.0. The summed E-state index contributed by atoms with van der Waals surface area (Å²) in [4.78, 5) is 1.64. The van der Waals surface area contributed by atoms with E-state index in [1.807, 2.05) is 0 Å². The van der Waals surface area contributed by atoms with E-state index in [2.05, 4.69) is 0 Å². The quantitative estimate of drug-likeness (QED) is 0.797. The number of sulfonamides is 1. The highest BCUT2D eigenvalue weighted by molar-refractivity contribution is 7.89. The van der Waals surface area contributed by atoms with E-state index in [4.69, 9.17) is 9.47 Å². The highest BCUT2D eigenvalue weighted by Gasteiger charge is 2.31. The Kier molecular flexibility index (Phi) is 4.65. The minimum atomic E-state index is -3.74. The molecule has 0 atom stereocenters. The Bertz CT molecular complexity index is 940. The highest BCUT2D eigenvalue weighted by Crippen LogP contribution is 2.33. The number of para-hydroxylation sites is 1. The average Bonchev–Trinajstić information content (AvgIpc) is 2.68. The van der Waals surface area contributed by atoms with Gasteiger partial charge in [-0.2, -0.15) is 4.31 Å². The molecule has 0 aromatic heterocycles. The highest BCUT2D eigenvalue weighted by atomic mass is 32.2. The van der Waals surface area contributed by atoms with Crippen LogP contribution in [0.25, 0.3) is 0 Å². The van der Waals surface area contributed by atoms with Crippen LogP contribution in [-0.4, -0.2) is 52.1 Å². The van der Waals surface area contributed by atoms with E-state index in [0.29, 0.717) is 24.7 Å². The Labute approximate surface area is 156 Å². The first kappa shape index (κ1) is 18.0. The van der Waals surface area contributed by atoms with Crippen molar-refractivity contribution in [3.63, 3.8) is 0 Å². The first-order chi connectivity index (χ1) is 13.0. The van der Waals surface area contributed by atoms with Gasteiger partial charge in [0.2, 0.25) is 10.0 Å². The molecule has 2 aliphatic rings. The zero-order valence-electron chi connectivity index (χ0n) is 14.4. The maximum Gasteiger partial charge on any atom is 0.243 e. The van der Waals surface area contributed by atoms with Gasteiger partial charge in [-0.05, 0) is 24.3 Å². The van der Waals surface area contributed by atoms with Crippen molar-refractivity contribution >= 4 is 15.7 Å². The summed E-state index contributed by atoms with van der Waals surface area (Å²) in [5.41, 5.74) is -0.117. The molecule has 27 heavy (non-hydrogen) atoms. The van der Waals surface area contributed by atoms with Crippen LogP contribution in [0.5, 0.6) is 11.5 Å². The smallest absolute Gasteiger partial charge is 0.243 e. The van der Waals surface area contributed by atoms with Gasteiger partial charge in [0.15, 0.2) is 11.5 Å². The lowest BCUT2D eigenvalue weighted by molar-refractivity contribution is 0.171. The predicted molar refractivity (Wildman–Crippen MR) is 94.8 cm³/mol. The zero-order chi connectivity index (χ0) is 19.0. The van der Waals surface area contributed by atoms with Crippen LogP contribution in [0, 0.1) is 11.6 Å². The molecule has 0 bridgehead atoms. The molecule has 0 saturated carbocycles. The number of halogens is 2. The van der Waals surface area contributed by atoms with Crippen LogP contribution in [0.2, 0.25) is 0 Å². The minimum Gasteiger partial charge on any atom is -0.486 e. The first-order valence-corrected chi connectivity index (χ1v) is 9.99. The Morgan fingerprint density at radius 2 is 1.48 bits per heavy atom. The summed E-state index contributed by atoms with van der Waals surface area (Å²) in [7, 11) is -3.74. The minimum absolute atomic E-state index is 0.109. The van der Waals surface area contributed by atoms with Crippen molar-refractivity contribution in [1.82, 2.24) is 4.31 Å². The SMILES string of the molecule is O=S(=O)(c1ccc2c(c1)OCCO2)N1CCN(c2c(F)cccc2F)CC1. The third kappa shape index (κ3) is 3.32. The van der Waals surface area contributed by atoms with E-state index in [1.54, 1.807) is 6.07 Å². The van der Waals surface area contributed by atoms with Crippen LogP contribution >= 0.6 is 0 Å². The summed E-state index contributed by atoms with van der Waals surface area (Å²) in [6.45, 7) is 1.44. The van der Waals surface area contributed by atoms with Crippen LogP contribution < -0.4 is 14.4 Å². The number of ether oxygens (including phenoxy) is 2. The molecule has 1 fully saturated rings. The Morgan fingerprint density at radius 1 is 0.852 bits per heavy atom. The number of piperazine rings is 1. The molecule has 2 aliphatic heterocycles. The Balaban J connectivity index is 1.52. The molecular weight excluding hydrogens is 378 g/mol. The Morgan fingerprint density at radius 3 is 2.15 bits per heavy atom. The molecular formula is C18H18F2N2O4S. The molecule has 0 unspecified atom stereocenters. The van der Waals surface area contributed by atoms with Crippen molar-refractivity contribution in [3.05, 3.63) is 48.0 Å². The normalized spacial score (nSPS) is 17.8. The lowest BCUT2D eigenvalue weighted by Gasteiger charge is -2.35. The predicted octanol–water partition coefficient (Wildman–Crippen LogP) is 2.25. The van der Waals surface area contributed by atoms with Crippen molar-refractivity contribution in [2.45, 2.75) is 4.90 Å².